The van der Waals surface area contributed by atoms with Crippen LogP contribution in [0.5, 0.6) is 0 Å². The molecule has 1 aromatic heterocycles. The summed E-state index contributed by atoms with van der Waals surface area (Å²) in [7, 11) is 1.28. The van der Waals surface area contributed by atoms with E-state index in [4.69, 9.17) is 21.6 Å². The first kappa shape index (κ1) is 22.4. The summed E-state index contributed by atoms with van der Waals surface area (Å²) in [6.07, 6.45) is 2.43. The fourth-order valence-corrected chi connectivity index (χ4v) is 4.17. The average Bonchev–Trinajstić information content (AvgIpc) is 3.11. The van der Waals surface area contributed by atoms with Crippen molar-refractivity contribution in [3.63, 3.8) is 0 Å². The van der Waals surface area contributed by atoms with E-state index in [1.54, 1.807) is 30.5 Å². The van der Waals surface area contributed by atoms with Gasteiger partial charge in [0.1, 0.15) is 5.02 Å². The number of anilines is 2. The highest BCUT2D eigenvalue weighted by Crippen LogP contribution is 2.25. The van der Waals surface area contributed by atoms with Crippen LogP contribution in [0.1, 0.15) is 22.3 Å². The minimum atomic E-state index is -0.560. The third-order valence-corrected chi connectivity index (χ3v) is 5.99. The van der Waals surface area contributed by atoms with Crippen molar-refractivity contribution in [1.29, 1.82) is 5.26 Å². The van der Waals surface area contributed by atoms with Gasteiger partial charge in [-0.25, -0.2) is 4.79 Å². The summed E-state index contributed by atoms with van der Waals surface area (Å²) in [5.41, 5.74) is 2.28. The molecule has 0 saturated carbocycles. The number of aromatic nitrogens is 2. The fraction of sp³-hybridized carbons (Fsp3) is 0.250. The minimum Gasteiger partial charge on any atom is -0.465 e. The molecule has 2 aromatic carbocycles. The zero-order valence-electron chi connectivity index (χ0n) is 18.1. The van der Waals surface area contributed by atoms with Crippen LogP contribution < -0.4 is 15.4 Å². The number of para-hydroxylation sites is 1. The number of nitrogens with zero attached hydrogens (tertiary/aromatic N) is 5. The fourth-order valence-electron chi connectivity index (χ4n) is 3.92. The molecular weight excluding hydrogens is 442 g/mol. The van der Waals surface area contributed by atoms with Gasteiger partial charge in [0.05, 0.1) is 41.9 Å². The van der Waals surface area contributed by atoms with E-state index in [1.807, 2.05) is 24.3 Å². The molecule has 0 radical (unpaired) electrons. The van der Waals surface area contributed by atoms with Crippen molar-refractivity contribution in [1.82, 2.24) is 9.78 Å². The maximum Gasteiger partial charge on any atom is 0.340 e. The Balaban J connectivity index is 1.58. The number of benzene rings is 2. The highest BCUT2D eigenvalue weighted by atomic mass is 35.5. The first-order valence-corrected chi connectivity index (χ1v) is 10.9. The normalized spacial score (nSPS) is 13.8. The van der Waals surface area contributed by atoms with Gasteiger partial charge in [0, 0.05) is 31.9 Å². The molecule has 3 aromatic rings. The molecule has 0 N–H and O–H groups in total. The van der Waals surface area contributed by atoms with Crippen molar-refractivity contribution < 1.29 is 9.53 Å². The number of hydrogen-bond donors (Lipinski definition) is 0. The Morgan fingerprint density at radius 3 is 2.45 bits per heavy atom. The van der Waals surface area contributed by atoms with E-state index in [-0.39, 0.29) is 10.6 Å². The maximum absolute atomic E-state index is 13.1. The molecule has 0 amide bonds. The molecule has 0 aliphatic carbocycles. The molecule has 168 valence electrons. The number of esters is 1. The average molecular weight is 464 g/mol. The van der Waals surface area contributed by atoms with Crippen LogP contribution >= 0.6 is 11.6 Å². The minimum absolute atomic E-state index is 0.0523. The number of nitriles is 1. The van der Waals surface area contributed by atoms with Crippen molar-refractivity contribution >= 4 is 28.9 Å². The van der Waals surface area contributed by atoms with Crippen LogP contribution in [0.4, 0.5) is 11.4 Å². The zero-order valence-corrected chi connectivity index (χ0v) is 18.8. The SMILES string of the molecule is COC(=O)c1ccccc1-n1ncc(N2CCCN(c3ccc(C#N)cc3)CC2)c(Cl)c1=O. The number of ether oxygens (including phenoxy) is 1. The number of carbonyl (C=O) groups excluding carboxylic acids is 1. The van der Waals surface area contributed by atoms with Crippen molar-refractivity contribution in [3.8, 4) is 11.8 Å². The molecule has 33 heavy (non-hydrogen) atoms. The van der Waals surface area contributed by atoms with Gasteiger partial charge in [0.25, 0.3) is 5.56 Å². The monoisotopic (exact) mass is 463 g/mol. The first-order valence-electron chi connectivity index (χ1n) is 10.5. The Morgan fingerprint density at radius 2 is 1.73 bits per heavy atom. The molecule has 0 bridgehead atoms. The lowest BCUT2D eigenvalue weighted by atomic mass is 10.2. The van der Waals surface area contributed by atoms with Crippen LogP contribution in [0.15, 0.2) is 59.5 Å². The van der Waals surface area contributed by atoms with Gasteiger partial charge in [-0.2, -0.15) is 15.0 Å². The molecular formula is C24H22ClN5O3. The second kappa shape index (κ2) is 9.76. The number of halogens is 1. The predicted molar refractivity (Wildman–Crippen MR) is 126 cm³/mol. The van der Waals surface area contributed by atoms with Gasteiger partial charge in [-0.1, -0.05) is 23.7 Å². The Labute approximate surface area is 196 Å². The zero-order chi connectivity index (χ0) is 23.4. The van der Waals surface area contributed by atoms with E-state index >= 15 is 0 Å². The summed E-state index contributed by atoms with van der Waals surface area (Å²) in [4.78, 5) is 29.5. The van der Waals surface area contributed by atoms with Crippen molar-refractivity contribution in [2.24, 2.45) is 0 Å². The van der Waals surface area contributed by atoms with Gasteiger partial charge in [0.2, 0.25) is 0 Å². The summed E-state index contributed by atoms with van der Waals surface area (Å²) >= 11 is 6.51. The third-order valence-electron chi connectivity index (χ3n) is 5.64. The van der Waals surface area contributed by atoms with E-state index < -0.39 is 11.5 Å². The molecule has 4 rings (SSSR count). The van der Waals surface area contributed by atoms with E-state index in [0.29, 0.717) is 23.5 Å². The highest BCUT2D eigenvalue weighted by Gasteiger charge is 2.22. The molecule has 0 unspecified atom stereocenters. The standard InChI is InChI=1S/C24H22ClN5O3/c1-33-24(32)19-5-2-3-6-20(19)30-23(31)22(25)21(16-27-30)29-12-4-11-28(13-14-29)18-9-7-17(15-26)8-10-18/h2-3,5-10,16H,4,11-14H2,1H3. The smallest absolute Gasteiger partial charge is 0.340 e. The van der Waals surface area contributed by atoms with E-state index in [2.05, 4.69) is 21.0 Å². The van der Waals surface area contributed by atoms with Gasteiger partial charge < -0.3 is 14.5 Å². The Bertz CT molecular complexity index is 1270. The van der Waals surface area contributed by atoms with Crippen molar-refractivity contribution in [3.05, 3.63) is 81.2 Å². The topological polar surface area (TPSA) is 91.5 Å². The lowest BCUT2D eigenvalue weighted by Gasteiger charge is -2.25. The van der Waals surface area contributed by atoms with Crippen LogP contribution in [-0.4, -0.2) is 49.0 Å². The molecule has 0 atom stereocenters. The second-order valence-electron chi connectivity index (χ2n) is 7.56. The highest BCUT2D eigenvalue weighted by molar-refractivity contribution is 6.33. The number of methoxy groups -OCH3 is 1. The predicted octanol–water partition coefficient (Wildman–Crippen LogP) is 3.26. The molecule has 0 spiro atoms. The molecule has 1 aliphatic rings. The summed E-state index contributed by atoms with van der Waals surface area (Å²) in [6.45, 7) is 2.95. The molecule has 1 saturated heterocycles. The van der Waals surface area contributed by atoms with Crippen LogP contribution in [0.25, 0.3) is 5.69 Å². The lowest BCUT2D eigenvalue weighted by Crippen LogP contribution is -2.33. The number of carbonyl (C=O) groups is 1. The number of hydrogen-bond acceptors (Lipinski definition) is 7. The first-order chi connectivity index (χ1) is 16.0. The van der Waals surface area contributed by atoms with E-state index in [9.17, 15) is 9.59 Å². The van der Waals surface area contributed by atoms with Gasteiger partial charge in [-0.15, -0.1) is 0 Å². The summed E-state index contributed by atoms with van der Waals surface area (Å²) in [5.74, 6) is -0.560. The Morgan fingerprint density at radius 1 is 1.03 bits per heavy atom. The van der Waals surface area contributed by atoms with Crippen molar-refractivity contribution in [2.45, 2.75) is 6.42 Å². The number of rotatable bonds is 4. The Hall–Kier alpha value is -3.83. The van der Waals surface area contributed by atoms with Crippen LogP contribution in [0.3, 0.4) is 0 Å². The van der Waals surface area contributed by atoms with Crippen LogP contribution in [0.2, 0.25) is 5.02 Å². The largest absolute Gasteiger partial charge is 0.465 e. The van der Waals surface area contributed by atoms with Crippen molar-refractivity contribution in [2.75, 3.05) is 43.1 Å². The molecule has 1 fully saturated rings. The Kier molecular flexibility index (Phi) is 6.61. The third kappa shape index (κ3) is 4.54. The van der Waals surface area contributed by atoms with Gasteiger partial charge in [-0.3, -0.25) is 4.79 Å². The van der Waals surface area contributed by atoms with Crippen LogP contribution in [-0.2, 0) is 4.74 Å². The summed E-state index contributed by atoms with van der Waals surface area (Å²) in [5, 5.41) is 13.4. The molecule has 9 heteroatoms. The van der Waals surface area contributed by atoms with Gasteiger partial charge in [0.15, 0.2) is 0 Å². The van der Waals surface area contributed by atoms with Gasteiger partial charge >= 0.3 is 5.97 Å². The lowest BCUT2D eigenvalue weighted by molar-refractivity contribution is 0.0600. The van der Waals surface area contributed by atoms with Gasteiger partial charge in [-0.05, 0) is 42.8 Å². The second-order valence-corrected chi connectivity index (χ2v) is 7.93. The molecule has 1 aliphatic heterocycles. The van der Waals surface area contributed by atoms with Crippen LogP contribution in [0, 0.1) is 11.3 Å². The summed E-state index contributed by atoms with van der Waals surface area (Å²) < 4.78 is 5.94. The van der Waals surface area contributed by atoms with E-state index in [0.717, 1.165) is 36.4 Å². The summed E-state index contributed by atoms with van der Waals surface area (Å²) in [6, 6.07) is 16.2. The molecule has 8 nitrogen and oxygen atoms in total. The van der Waals surface area contributed by atoms with E-state index in [1.165, 1.54) is 7.11 Å². The quantitative estimate of drug-likeness (QED) is 0.548. The molecule has 2 heterocycles. The maximum atomic E-state index is 13.1.